The SMILES string of the molecule is CCc1nn(C)c(CC(CBr)c2cccc(Cl)c2)c1Br. The van der Waals surface area contributed by atoms with Gasteiger partial charge in [0.25, 0.3) is 0 Å². The Morgan fingerprint density at radius 2 is 2.15 bits per heavy atom. The van der Waals surface area contributed by atoms with E-state index < -0.39 is 0 Å². The van der Waals surface area contributed by atoms with Crippen molar-refractivity contribution in [3.05, 3.63) is 50.7 Å². The van der Waals surface area contributed by atoms with Crippen LogP contribution in [0.2, 0.25) is 5.02 Å². The summed E-state index contributed by atoms with van der Waals surface area (Å²) in [7, 11) is 2.00. The summed E-state index contributed by atoms with van der Waals surface area (Å²) in [5, 5.41) is 6.23. The molecule has 0 aliphatic carbocycles. The first-order valence-corrected chi connectivity index (χ1v) is 8.87. The third-order valence-electron chi connectivity index (χ3n) is 3.45. The summed E-state index contributed by atoms with van der Waals surface area (Å²) < 4.78 is 3.11. The molecule has 0 aliphatic heterocycles. The van der Waals surface area contributed by atoms with Crippen LogP contribution in [-0.4, -0.2) is 15.1 Å². The lowest BCUT2D eigenvalue weighted by atomic mass is 9.96. The van der Waals surface area contributed by atoms with Gasteiger partial charge in [-0.25, -0.2) is 0 Å². The third kappa shape index (κ3) is 3.46. The molecule has 2 rings (SSSR count). The number of hydrogen-bond donors (Lipinski definition) is 0. The number of nitrogens with zero attached hydrogens (tertiary/aromatic N) is 2. The van der Waals surface area contributed by atoms with Crippen LogP contribution in [0.15, 0.2) is 28.7 Å². The number of rotatable bonds is 5. The molecule has 108 valence electrons. The first-order chi connectivity index (χ1) is 9.56. The molecule has 0 N–H and O–H groups in total. The summed E-state index contributed by atoms with van der Waals surface area (Å²) in [6.07, 6.45) is 1.86. The van der Waals surface area contributed by atoms with Crippen molar-refractivity contribution in [2.75, 3.05) is 5.33 Å². The van der Waals surface area contributed by atoms with E-state index in [1.165, 1.54) is 11.3 Å². The fourth-order valence-corrected chi connectivity index (χ4v) is 3.88. The van der Waals surface area contributed by atoms with Crippen LogP contribution >= 0.6 is 43.5 Å². The monoisotopic (exact) mass is 418 g/mol. The minimum absolute atomic E-state index is 0.380. The van der Waals surface area contributed by atoms with Gasteiger partial charge in [-0.2, -0.15) is 5.10 Å². The highest BCUT2D eigenvalue weighted by molar-refractivity contribution is 9.10. The molecule has 1 aromatic carbocycles. The Labute approximate surface area is 141 Å². The lowest BCUT2D eigenvalue weighted by Crippen LogP contribution is -2.08. The smallest absolute Gasteiger partial charge is 0.0766 e. The average molecular weight is 421 g/mol. The zero-order chi connectivity index (χ0) is 14.7. The van der Waals surface area contributed by atoms with Crippen molar-refractivity contribution in [1.29, 1.82) is 0 Å². The second kappa shape index (κ2) is 7.10. The van der Waals surface area contributed by atoms with Crippen LogP contribution in [0.1, 0.15) is 29.8 Å². The van der Waals surface area contributed by atoms with Gasteiger partial charge < -0.3 is 0 Å². The molecule has 0 saturated carbocycles. The lowest BCUT2D eigenvalue weighted by molar-refractivity contribution is 0.657. The van der Waals surface area contributed by atoms with Crippen molar-refractivity contribution in [2.24, 2.45) is 7.05 Å². The minimum atomic E-state index is 0.380. The molecule has 1 aromatic heterocycles. The Morgan fingerprint density at radius 1 is 1.40 bits per heavy atom. The fraction of sp³-hybridized carbons (Fsp3) is 0.400. The van der Waals surface area contributed by atoms with E-state index in [2.05, 4.69) is 49.9 Å². The second-order valence-electron chi connectivity index (χ2n) is 4.79. The highest BCUT2D eigenvalue weighted by Gasteiger charge is 2.18. The van der Waals surface area contributed by atoms with Gasteiger partial charge in [0.15, 0.2) is 0 Å². The normalized spacial score (nSPS) is 12.7. The van der Waals surface area contributed by atoms with Crippen LogP contribution in [0.4, 0.5) is 0 Å². The van der Waals surface area contributed by atoms with Gasteiger partial charge in [0, 0.05) is 17.4 Å². The third-order valence-corrected chi connectivity index (χ3v) is 5.38. The quantitative estimate of drug-likeness (QED) is 0.614. The van der Waals surface area contributed by atoms with E-state index >= 15 is 0 Å². The number of aryl methyl sites for hydroxylation is 2. The second-order valence-corrected chi connectivity index (χ2v) is 6.67. The topological polar surface area (TPSA) is 17.8 Å². The summed E-state index contributed by atoms with van der Waals surface area (Å²) in [6, 6.07) is 8.08. The minimum Gasteiger partial charge on any atom is -0.271 e. The van der Waals surface area contributed by atoms with E-state index in [1.54, 1.807) is 0 Å². The molecule has 20 heavy (non-hydrogen) atoms. The Morgan fingerprint density at radius 3 is 2.70 bits per heavy atom. The Kier molecular flexibility index (Phi) is 5.70. The predicted octanol–water partition coefficient (Wildman–Crippen LogP) is 5.12. The molecular formula is C15H17Br2ClN2. The Balaban J connectivity index is 2.29. The van der Waals surface area contributed by atoms with Gasteiger partial charge in [0.2, 0.25) is 0 Å². The van der Waals surface area contributed by atoms with Crippen LogP contribution in [0.3, 0.4) is 0 Å². The van der Waals surface area contributed by atoms with Gasteiger partial charge in [-0.15, -0.1) is 0 Å². The van der Waals surface area contributed by atoms with Crippen molar-refractivity contribution < 1.29 is 0 Å². The van der Waals surface area contributed by atoms with Gasteiger partial charge in [-0.05, 0) is 52.4 Å². The van der Waals surface area contributed by atoms with Crippen molar-refractivity contribution in [1.82, 2.24) is 9.78 Å². The number of alkyl halides is 1. The summed E-state index contributed by atoms with van der Waals surface area (Å²) in [5.74, 6) is 0.380. The first-order valence-electron chi connectivity index (χ1n) is 6.58. The average Bonchev–Trinajstić information content (AvgIpc) is 2.71. The molecule has 0 aliphatic rings. The highest BCUT2D eigenvalue weighted by atomic mass is 79.9. The number of hydrogen-bond acceptors (Lipinski definition) is 1. The maximum Gasteiger partial charge on any atom is 0.0766 e. The predicted molar refractivity (Wildman–Crippen MR) is 92.0 cm³/mol. The zero-order valence-corrected chi connectivity index (χ0v) is 15.5. The van der Waals surface area contributed by atoms with Crippen molar-refractivity contribution >= 4 is 43.5 Å². The molecule has 1 atom stereocenters. The number of aromatic nitrogens is 2. The van der Waals surface area contributed by atoms with E-state index in [-0.39, 0.29) is 0 Å². The summed E-state index contributed by atoms with van der Waals surface area (Å²) in [6.45, 7) is 2.12. The Hall–Kier alpha value is -0.320. The maximum absolute atomic E-state index is 6.10. The molecule has 0 spiro atoms. The molecule has 5 heteroatoms. The number of benzene rings is 1. The highest BCUT2D eigenvalue weighted by Crippen LogP contribution is 2.30. The molecule has 1 heterocycles. The largest absolute Gasteiger partial charge is 0.271 e. The molecule has 0 amide bonds. The summed E-state index contributed by atoms with van der Waals surface area (Å²) in [4.78, 5) is 0. The van der Waals surface area contributed by atoms with Gasteiger partial charge in [-0.3, -0.25) is 4.68 Å². The van der Waals surface area contributed by atoms with Gasteiger partial charge >= 0.3 is 0 Å². The van der Waals surface area contributed by atoms with E-state index in [1.807, 2.05) is 29.9 Å². The standard InChI is InChI=1S/C15H17Br2ClN2/c1-3-13-15(17)14(20(2)19-13)8-11(9-16)10-5-4-6-12(18)7-10/h4-7,11H,3,8-9H2,1-2H3. The van der Waals surface area contributed by atoms with Crippen LogP contribution in [-0.2, 0) is 19.9 Å². The molecule has 2 aromatic rings. The van der Waals surface area contributed by atoms with Crippen LogP contribution in [0.25, 0.3) is 0 Å². The maximum atomic E-state index is 6.10. The molecule has 0 radical (unpaired) electrons. The van der Waals surface area contributed by atoms with E-state index in [0.717, 1.165) is 33.4 Å². The van der Waals surface area contributed by atoms with Gasteiger partial charge in [0.1, 0.15) is 0 Å². The van der Waals surface area contributed by atoms with E-state index in [0.29, 0.717) is 5.92 Å². The van der Waals surface area contributed by atoms with E-state index in [9.17, 15) is 0 Å². The molecule has 2 nitrogen and oxygen atoms in total. The molecule has 0 saturated heterocycles. The van der Waals surface area contributed by atoms with Crippen molar-refractivity contribution in [3.8, 4) is 0 Å². The fourth-order valence-electron chi connectivity index (χ4n) is 2.30. The molecule has 0 bridgehead atoms. The van der Waals surface area contributed by atoms with Gasteiger partial charge in [-0.1, -0.05) is 46.6 Å². The molecular weight excluding hydrogens is 403 g/mol. The lowest BCUT2D eigenvalue weighted by Gasteiger charge is -2.15. The zero-order valence-electron chi connectivity index (χ0n) is 11.5. The summed E-state index contributed by atoms with van der Waals surface area (Å²) in [5.41, 5.74) is 3.59. The van der Waals surface area contributed by atoms with Gasteiger partial charge in [0.05, 0.1) is 15.9 Å². The molecule has 0 fully saturated rings. The Bertz CT molecular complexity index is 596. The van der Waals surface area contributed by atoms with Crippen LogP contribution in [0, 0.1) is 0 Å². The van der Waals surface area contributed by atoms with Crippen LogP contribution < -0.4 is 0 Å². The van der Waals surface area contributed by atoms with E-state index in [4.69, 9.17) is 11.6 Å². The van der Waals surface area contributed by atoms with Crippen LogP contribution in [0.5, 0.6) is 0 Å². The molecule has 1 unspecified atom stereocenters. The van der Waals surface area contributed by atoms with Crippen molar-refractivity contribution in [3.63, 3.8) is 0 Å². The number of halogens is 3. The summed E-state index contributed by atoms with van der Waals surface area (Å²) >= 11 is 13.4. The first kappa shape index (κ1) is 16.1. The van der Waals surface area contributed by atoms with Crippen molar-refractivity contribution in [2.45, 2.75) is 25.7 Å².